The van der Waals surface area contributed by atoms with Gasteiger partial charge in [-0.25, -0.2) is 0 Å². The molecule has 0 saturated heterocycles. The highest BCUT2D eigenvalue weighted by Crippen LogP contribution is 2.06. The molecule has 0 atom stereocenters. The topological polar surface area (TPSA) is 58.2 Å². The van der Waals surface area contributed by atoms with Gasteiger partial charge in [0.1, 0.15) is 0 Å². The number of nitrogens with one attached hydrogen (secondary N) is 2. The predicted octanol–water partition coefficient (Wildman–Crippen LogP) is 2.07. The number of benzene rings is 1. The molecule has 0 aromatic heterocycles. The molecule has 0 spiro atoms. The van der Waals surface area contributed by atoms with Crippen LogP contribution in [0.25, 0.3) is 0 Å². The van der Waals surface area contributed by atoms with E-state index in [0.717, 1.165) is 24.1 Å². The average molecular weight is 270 g/mol. The summed E-state index contributed by atoms with van der Waals surface area (Å²) >= 11 is 0. The van der Waals surface area contributed by atoms with Gasteiger partial charge >= 0.3 is 0 Å². The quantitative estimate of drug-likeness (QED) is 0.880. The summed E-state index contributed by atoms with van der Waals surface area (Å²) in [5.41, 5.74) is 2.38. The molecule has 0 radical (unpaired) electrons. The summed E-state index contributed by atoms with van der Waals surface area (Å²) in [6, 6.07) is 7.26. The van der Waals surface area contributed by atoms with Gasteiger partial charge in [0.15, 0.2) is 0 Å². The summed E-state index contributed by atoms with van der Waals surface area (Å²) in [6.45, 7) is 1.89. The van der Waals surface area contributed by atoms with Crippen molar-refractivity contribution in [1.82, 2.24) is 10.6 Å². The lowest BCUT2D eigenvalue weighted by molar-refractivity contribution is -0.119. The van der Waals surface area contributed by atoms with E-state index in [4.69, 9.17) is 0 Å². The van der Waals surface area contributed by atoms with E-state index >= 15 is 0 Å². The number of rotatable bonds is 4. The number of hydrogen-bond acceptors (Lipinski definition) is 2. The molecule has 1 aromatic rings. The number of carbonyl (C=O) groups excluding carboxylic acids is 2. The van der Waals surface area contributed by atoms with Crippen molar-refractivity contribution in [2.45, 2.75) is 19.8 Å². The first-order valence-electron chi connectivity index (χ1n) is 6.66. The van der Waals surface area contributed by atoms with Gasteiger partial charge in [-0.3, -0.25) is 9.59 Å². The molecule has 4 nitrogen and oxygen atoms in total. The Morgan fingerprint density at radius 2 is 2.10 bits per heavy atom. The van der Waals surface area contributed by atoms with Crippen molar-refractivity contribution in [3.8, 4) is 0 Å². The monoisotopic (exact) mass is 270 g/mol. The predicted molar refractivity (Wildman–Crippen MR) is 78.1 cm³/mol. The molecule has 104 valence electrons. The van der Waals surface area contributed by atoms with Crippen molar-refractivity contribution in [3.63, 3.8) is 0 Å². The molecule has 0 aliphatic heterocycles. The second kappa shape index (κ2) is 6.70. The summed E-state index contributed by atoms with van der Waals surface area (Å²) in [7, 11) is 0. The Bertz CT molecular complexity index is 574. The Hall–Kier alpha value is -2.36. The van der Waals surface area contributed by atoms with Gasteiger partial charge in [0.2, 0.25) is 5.91 Å². The number of hydrogen-bond donors (Lipinski definition) is 2. The van der Waals surface area contributed by atoms with Gasteiger partial charge in [0, 0.05) is 11.3 Å². The van der Waals surface area contributed by atoms with Crippen LogP contribution in [-0.4, -0.2) is 18.4 Å². The Balaban J connectivity index is 1.82. The van der Waals surface area contributed by atoms with Crippen LogP contribution in [0.2, 0.25) is 0 Å². The second-order valence-corrected chi connectivity index (χ2v) is 4.74. The maximum Gasteiger partial charge on any atom is 0.251 e. The zero-order valence-electron chi connectivity index (χ0n) is 11.5. The van der Waals surface area contributed by atoms with E-state index in [0.29, 0.717) is 5.56 Å². The lowest BCUT2D eigenvalue weighted by Gasteiger charge is -2.10. The molecular weight excluding hydrogens is 252 g/mol. The first-order chi connectivity index (χ1) is 9.65. The Morgan fingerprint density at radius 3 is 2.80 bits per heavy atom. The zero-order valence-corrected chi connectivity index (χ0v) is 11.5. The number of aryl methyl sites for hydroxylation is 1. The average Bonchev–Trinajstić information content (AvgIpc) is 2.46. The second-order valence-electron chi connectivity index (χ2n) is 4.74. The number of allylic oxidation sites excluding steroid dienone is 3. The summed E-state index contributed by atoms with van der Waals surface area (Å²) in [4.78, 5) is 23.6. The molecule has 4 heteroatoms. The van der Waals surface area contributed by atoms with Crippen molar-refractivity contribution < 1.29 is 9.59 Å². The largest absolute Gasteiger partial charge is 0.343 e. The SMILES string of the molecule is Cc1cccc(C(=O)NCC(=O)NC2=CCCC=C2)c1. The highest BCUT2D eigenvalue weighted by atomic mass is 16.2. The van der Waals surface area contributed by atoms with Gasteiger partial charge in [-0.15, -0.1) is 0 Å². The van der Waals surface area contributed by atoms with Gasteiger partial charge in [0.25, 0.3) is 5.91 Å². The van der Waals surface area contributed by atoms with Crippen LogP contribution in [0.3, 0.4) is 0 Å². The standard InChI is InChI=1S/C16H18N2O2/c1-12-6-5-7-13(10-12)16(20)17-11-15(19)18-14-8-3-2-4-9-14/h3,5-10H,2,4,11H2,1H3,(H,17,20)(H,18,19). The molecule has 20 heavy (non-hydrogen) atoms. The Kier molecular flexibility index (Phi) is 4.71. The molecule has 1 aliphatic carbocycles. The molecular formula is C16H18N2O2. The van der Waals surface area contributed by atoms with Crippen molar-refractivity contribution >= 4 is 11.8 Å². The fourth-order valence-electron chi connectivity index (χ4n) is 1.96. The van der Waals surface area contributed by atoms with E-state index in [1.54, 1.807) is 12.1 Å². The Morgan fingerprint density at radius 1 is 1.25 bits per heavy atom. The first kappa shape index (κ1) is 14.1. The zero-order chi connectivity index (χ0) is 14.4. The fourth-order valence-corrected chi connectivity index (χ4v) is 1.96. The molecule has 1 aromatic carbocycles. The van der Waals surface area contributed by atoms with Crippen molar-refractivity contribution in [2.24, 2.45) is 0 Å². The van der Waals surface area contributed by atoms with Crippen LogP contribution in [0.4, 0.5) is 0 Å². The maximum atomic E-state index is 11.9. The van der Waals surface area contributed by atoms with E-state index in [9.17, 15) is 9.59 Å². The van der Waals surface area contributed by atoms with E-state index in [1.807, 2.05) is 37.3 Å². The minimum Gasteiger partial charge on any atom is -0.343 e. The van der Waals surface area contributed by atoms with Crippen molar-refractivity contribution in [3.05, 3.63) is 59.3 Å². The van der Waals surface area contributed by atoms with Crippen LogP contribution in [0.5, 0.6) is 0 Å². The van der Waals surface area contributed by atoms with Gasteiger partial charge in [0.05, 0.1) is 6.54 Å². The summed E-state index contributed by atoms with van der Waals surface area (Å²) < 4.78 is 0. The first-order valence-corrected chi connectivity index (χ1v) is 6.66. The molecule has 0 unspecified atom stereocenters. The lowest BCUT2D eigenvalue weighted by atomic mass is 10.1. The van der Waals surface area contributed by atoms with Crippen molar-refractivity contribution in [2.75, 3.05) is 6.54 Å². The van der Waals surface area contributed by atoms with Gasteiger partial charge < -0.3 is 10.6 Å². The molecule has 0 saturated carbocycles. The molecule has 2 N–H and O–H groups in total. The molecule has 1 aliphatic rings. The third-order valence-electron chi connectivity index (χ3n) is 2.97. The van der Waals surface area contributed by atoms with Gasteiger partial charge in [-0.1, -0.05) is 29.8 Å². The van der Waals surface area contributed by atoms with Crippen LogP contribution in [0.1, 0.15) is 28.8 Å². The molecule has 2 amide bonds. The van der Waals surface area contributed by atoms with E-state index in [-0.39, 0.29) is 18.4 Å². The number of carbonyl (C=O) groups is 2. The third-order valence-corrected chi connectivity index (χ3v) is 2.97. The van der Waals surface area contributed by atoms with Gasteiger partial charge in [-0.2, -0.15) is 0 Å². The normalized spacial score (nSPS) is 13.6. The van der Waals surface area contributed by atoms with E-state index in [1.165, 1.54) is 0 Å². The van der Waals surface area contributed by atoms with Gasteiger partial charge in [-0.05, 0) is 38.0 Å². The fraction of sp³-hybridized carbons (Fsp3) is 0.250. The molecule has 2 rings (SSSR count). The molecule has 0 bridgehead atoms. The number of amides is 2. The summed E-state index contributed by atoms with van der Waals surface area (Å²) in [5, 5.41) is 5.37. The van der Waals surface area contributed by atoms with Crippen LogP contribution >= 0.6 is 0 Å². The van der Waals surface area contributed by atoms with E-state index in [2.05, 4.69) is 10.6 Å². The summed E-state index contributed by atoms with van der Waals surface area (Å²) in [6.07, 6.45) is 7.80. The maximum absolute atomic E-state index is 11.9. The van der Waals surface area contributed by atoms with E-state index < -0.39 is 0 Å². The highest BCUT2D eigenvalue weighted by molar-refractivity contribution is 5.96. The van der Waals surface area contributed by atoms with Crippen LogP contribution in [0, 0.1) is 6.92 Å². The Labute approximate surface area is 118 Å². The highest BCUT2D eigenvalue weighted by Gasteiger charge is 2.09. The van der Waals surface area contributed by atoms with Crippen LogP contribution in [0.15, 0.2) is 48.2 Å². The summed E-state index contributed by atoms with van der Waals surface area (Å²) in [5.74, 6) is -0.458. The van der Waals surface area contributed by atoms with Crippen LogP contribution in [-0.2, 0) is 4.79 Å². The minimum atomic E-state index is -0.239. The van der Waals surface area contributed by atoms with Crippen molar-refractivity contribution in [1.29, 1.82) is 0 Å². The lowest BCUT2D eigenvalue weighted by Crippen LogP contribution is -2.36. The molecule has 0 fully saturated rings. The minimum absolute atomic E-state index is 0.0298. The smallest absolute Gasteiger partial charge is 0.251 e. The van der Waals surface area contributed by atoms with Crippen LogP contribution < -0.4 is 10.6 Å². The third kappa shape index (κ3) is 4.09. The molecule has 0 heterocycles.